The molecule has 1 fully saturated rings. The number of ether oxygens (including phenoxy) is 3. The van der Waals surface area contributed by atoms with Gasteiger partial charge in [0.2, 0.25) is 6.79 Å². The lowest BCUT2D eigenvalue weighted by molar-refractivity contribution is -0.000388. The van der Waals surface area contributed by atoms with Crippen molar-refractivity contribution in [2.24, 2.45) is 0 Å². The van der Waals surface area contributed by atoms with Crippen molar-refractivity contribution in [3.05, 3.63) is 30.1 Å². The second-order valence-corrected chi connectivity index (χ2v) is 7.66. The molecule has 2 aromatic rings. The Hall–Kier alpha value is -3.03. The molecule has 142 valence electrons. The van der Waals surface area contributed by atoms with E-state index in [-0.39, 0.29) is 18.9 Å². The Morgan fingerprint density at radius 2 is 1.96 bits per heavy atom. The van der Waals surface area contributed by atoms with Crippen LogP contribution in [-0.4, -0.2) is 52.5 Å². The van der Waals surface area contributed by atoms with E-state index in [0.717, 1.165) is 17.4 Å². The van der Waals surface area contributed by atoms with Crippen LogP contribution in [0.1, 0.15) is 37.2 Å². The quantitative estimate of drug-likeness (QED) is 0.772. The van der Waals surface area contributed by atoms with Gasteiger partial charge in [-0.1, -0.05) is 0 Å². The average Bonchev–Trinajstić information content (AvgIpc) is 3.18. The number of rotatable bonds is 3. The molecule has 0 saturated carbocycles. The Balaban J connectivity index is 1.48. The van der Waals surface area contributed by atoms with Gasteiger partial charge in [0.25, 0.3) is 0 Å². The fraction of sp³-hybridized carbons (Fsp3) is 0.421. The van der Waals surface area contributed by atoms with Crippen LogP contribution in [0.3, 0.4) is 0 Å². The average molecular weight is 371 g/mol. The van der Waals surface area contributed by atoms with Gasteiger partial charge in [-0.2, -0.15) is 5.10 Å². The summed E-state index contributed by atoms with van der Waals surface area (Å²) in [5.41, 5.74) is 1.56. The third kappa shape index (κ3) is 3.34. The van der Waals surface area contributed by atoms with Gasteiger partial charge in [-0.3, -0.25) is 9.48 Å². The number of aldehydes is 1. The number of amides is 1. The molecule has 0 atom stereocenters. The van der Waals surface area contributed by atoms with Gasteiger partial charge >= 0.3 is 6.09 Å². The largest absolute Gasteiger partial charge is 0.454 e. The zero-order valence-corrected chi connectivity index (χ0v) is 15.5. The molecule has 8 heteroatoms. The number of hydrogen-bond acceptors (Lipinski definition) is 6. The van der Waals surface area contributed by atoms with E-state index >= 15 is 0 Å². The Bertz CT molecular complexity index is 893. The molecule has 3 heterocycles. The van der Waals surface area contributed by atoms with Crippen LogP contribution in [0.15, 0.2) is 24.5 Å². The summed E-state index contributed by atoms with van der Waals surface area (Å²) in [4.78, 5) is 25.2. The van der Waals surface area contributed by atoms with Crippen LogP contribution in [0.25, 0.3) is 11.1 Å². The molecule has 0 unspecified atom stereocenters. The maximum absolute atomic E-state index is 12.0. The first-order valence-electron chi connectivity index (χ1n) is 8.75. The molecule has 27 heavy (non-hydrogen) atoms. The summed E-state index contributed by atoms with van der Waals surface area (Å²) in [6, 6.07) is 3.55. The molecular formula is C19H21N3O5. The summed E-state index contributed by atoms with van der Waals surface area (Å²) in [6.07, 6.45) is 4.06. The van der Waals surface area contributed by atoms with E-state index in [1.807, 2.05) is 31.6 Å². The molecule has 0 spiro atoms. The van der Waals surface area contributed by atoms with E-state index in [2.05, 4.69) is 5.10 Å². The van der Waals surface area contributed by atoms with Gasteiger partial charge in [-0.05, 0) is 38.5 Å². The number of aromatic nitrogens is 2. The summed E-state index contributed by atoms with van der Waals surface area (Å²) in [5.74, 6) is 1.18. The molecule has 4 rings (SSSR count). The minimum Gasteiger partial charge on any atom is -0.454 e. The number of hydrogen-bond donors (Lipinski definition) is 0. The second-order valence-electron chi connectivity index (χ2n) is 7.66. The Morgan fingerprint density at radius 3 is 2.63 bits per heavy atom. The number of benzene rings is 1. The van der Waals surface area contributed by atoms with Crippen molar-refractivity contribution in [3.8, 4) is 22.6 Å². The third-order valence-corrected chi connectivity index (χ3v) is 4.47. The maximum Gasteiger partial charge on any atom is 0.410 e. The van der Waals surface area contributed by atoms with Crippen molar-refractivity contribution < 1.29 is 23.8 Å². The molecule has 0 aliphatic carbocycles. The standard InChI is InChI=1S/C19H21N3O5/c1-19(2,3)27-18(24)21-8-14(9-21)22-7-13(6-20-22)15-5-17-16(25-11-26-17)4-12(15)10-23/h4-7,10,14H,8-9,11H2,1-3H3. The lowest BCUT2D eigenvalue weighted by Crippen LogP contribution is -2.52. The summed E-state index contributed by atoms with van der Waals surface area (Å²) in [5, 5.41) is 4.40. The molecule has 1 amide bonds. The van der Waals surface area contributed by atoms with Crippen molar-refractivity contribution in [1.82, 2.24) is 14.7 Å². The van der Waals surface area contributed by atoms with Gasteiger partial charge in [0, 0.05) is 30.4 Å². The van der Waals surface area contributed by atoms with Crippen LogP contribution in [0.2, 0.25) is 0 Å². The normalized spacial score (nSPS) is 16.2. The molecule has 1 aromatic carbocycles. The summed E-state index contributed by atoms with van der Waals surface area (Å²) >= 11 is 0. The van der Waals surface area contributed by atoms with Crippen LogP contribution in [0.5, 0.6) is 11.5 Å². The fourth-order valence-corrected chi connectivity index (χ4v) is 3.08. The van der Waals surface area contributed by atoms with Gasteiger partial charge in [-0.15, -0.1) is 0 Å². The van der Waals surface area contributed by atoms with E-state index in [4.69, 9.17) is 14.2 Å². The van der Waals surface area contributed by atoms with Gasteiger partial charge in [-0.25, -0.2) is 4.79 Å². The molecule has 0 bridgehead atoms. The van der Waals surface area contributed by atoms with E-state index in [1.165, 1.54) is 0 Å². The highest BCUT2D eigenvalue weighted by Gasteiger charge is 2.35. The molecular weight excluding hydrogens is 350 g/mol. The zero-order valence-electron chi connectivity index (χ0n) is 15.5. The van der Waals surface area contributed by atoms with E-state index in [9.17, 15) is 9.59 Å². The molecule has 0 N–H and O–H groups in total. The van der Waals surface area contributed by atoms with Crippen LogP contribution in [0.4, 0.5) is 4.79 Å². The number of likely N-dealkylation sites (tertiary alicyclic amines) is 1. The summed E-state index contributed by atoms with van der Waals surface area (Å²) < 4.78 is 17.9. The molecule has 8 nitrogen and oxygen atoms in total. The monoisotopic (exact) mass is 371 g/mol. The fourth-order valence-electron chi connectivity index (χ4n) is 3.08. The Kier molecular flexibility index (Phi) is 4.05. The van der Waals surface area contributed by atoms with Crippen molar-refractivity contribution in [2.45, 2.75) is 32.4 Å². The van der Waals surface area contributed by atoms with E-state index in [0.29, 0.717) is 30.2 Å². The molecule has 0 radical (unpaired) electrons. The molecule has 2 aliphatic heterocycles. The predicted octanol–water partition coefficient (Wildman–Crippen LogP) is 2.88. The number of nitrogens with zero attached hydrogens (tertiary/aromatic N) is 3. The topological polar surface area (TPSA) is 82.9 Å². The van der Waals surface area contributed by atoms with Gasteiger partial charge < -0.3 is 19.1 Å². The SMILES string of the molecule is CC(C)(C)OC(=O)N1CC(n2cc(-c3cc4c(cc3C=O)OCO4)cn2)C1. The van der Waals surface area contributed by atoms with Gasteiger partial charge in [0.1, 0.15) is 5.60 Å². The Labute approximate surface area is 156 Å². The van der Waals surface area contributed by atoms with Crippen molar-refractivity contribution in [3.63, 3.8) is 0 Å². The first-order valence-corrected chi connectivity index (χ1v) is 8.75. The molecule has 1 aromatic heterocycles. The minimum atomic E-state index is -0.508. The van der Waals surface area contributed by atoms with Gasteiger partial charge in [0.15, 0.2) is 17.8 Å². The highest BCUT2D eigenvalue weighted by Crippen LogP contribution is 2.38. The third-order valence-electron chi connectivity index (χ3n) is 4.47. The van der Waals surface area contributed by atoms with E-state index < -0.39 is 5.60 Å². The number of carbonyl (C=O) groups is 2. The van der Waals surface area contributed by atoms with E-state index in [1.54, 1.807) is 23.2 Å². The first kappa shape index (κ1) is 17.4. The van der Waals surface area contributed by atoms with Crippen LogP contribution in [0, 0.1) is 0 Å². The molecule has 2 aliphatic rings. The van der Waals surface area contributed by atoms with Crippen LogP contribution >= 0.6 is 0 Å². The lowest BCUT2D eigenvalue weighted by atomic mass is 10.0. The van der Waals surface area contributed by atoms with Crippen molar-refractivity contribution in [1.29, 1.82) is 0 Å². The second kappa shape index (κ2) is 6.29. The van der Waals surface area contributed by atoms with Crippen LogP contribution < -0.4 is 9.47 Å². The zero-order chi connectivity index (χ0) is 19.2. The molecule has 1 saturated heterocycles. The van der Waals surface area contributed by atoms with Crippen LogP contribution in [-0.2, 0) is 4.74 Å². The Morgan fingerprint density at radius 1 is 1.26 bits per heavy atom. The number of fused-ring (bicyclic) bond motifs is 1. The summed E-state index contributed by atoms with van der Waals surface area (Å²) in [7, 11) is 0. The predicted molar refractivity (Wildman–Crippen MR) is 96.0 cm³/mol. The smallest absolute Gasteiger partial charge is 0.410 e. The highest BCUT2D eigenvalue weighted by molar-refractivity contribution is 5.89. The number of carbonyl (C=O) groups excluding carboxylic acids is 2. The maximum atomic E-state index is 12.0. The first-order chi connectivity index (χ1) is 12.8. The van der Waals surface area contributed by atoms with Gasteiger partial charge in [0.05, 0.1) is 12.2 Å². The minimum absolute atomic E-state index is 0.0833. The summed E-state index contributed by atoms with van der Waals surface area (Å²) in [6.45, 7) is 6.77. The highest BCUT2D eigenvalue weighted by atomic mass is 16.7. The lowest BCUT2D eigenvalue weighted by Gasteiger charge is -2.39. The van der Waals surface area contributed by atoms with Crippen molar-refractivity contribution in [2.75, 3.05) is 19.9 Å². The van der Waals surface area contributed by atoms with Crippen molar-refractivity contribution >= 4 is 12.4 Å².